The van der Waals surface area contributed by atoms with Crippen LogP contribution in [0.15, 0.2) is 59.1 Å². The van der Waals surface area contributed by atoms with Crippen molar-refractivity contribution in [3.05, 3.63) is 70.8 Å². The molecule has 2 aromatic rings. The molecule has 1 saturated heterocycles. The number of esters is 1. The highest BCUT2D eigenvalue weighted by Crippen LogP contribution is 2.40. The minimum Gasteiger partial charge on any atom is -0.488 e. The minimum atomic E-state index is -0.629. The lowest BCUT2D eigenvalue weighted by atomic mass is 9.97. The third-order valence-corrected chi connectivity index (χ3v) is 5.97. The molecule has 0 radical (unpaired) electrons. The molecule has 1 fully saturated rings. The molecule has 7 nitrogen and oxygen atoms in total. The van der Waals surface area contributed by atoms with Gasteiger partial charge in [-0.3, -0.25) is 4.99 Å². The lowest BCUT2D eigenvalue weighted by Gasteiger charge is -2.33. The van der Waals surface area contributed by atoms with E-state index in [1.165, 1.54) is 0 Å². The molecule has 0 atom stereocenters. The van der Waals surface area contributed by atoms with Crippen molar-refractivity contribution in [1.82, 2.24) is 0 Å². The van der Waals surface area contributed by atoms with Crippen LogP contribution in [0.2, 0.25) is 0 Å². The van der Waals surface area contributed by atoms with Gasteiger partial charge in [0, 0.05) is 18.2 Å². The van der Waals surface area contributed by atoms with Gasteiger partial charge < -0.3 is 14.2 Å². The van der Waals surface area contributed by atoms with Crippen LogP contribution in [0.25, 0.3) is 5.57 Å². The molecular formula is C27H33N2O5+. The maximum Gasteiger partial charge on any atom is 0.341 e. The standard InChI is InChI=1S/C27H33N2O5/c1-27(2,3)34-26(30)24-23(19-8-6-5-7-9-19)21-11-10-20(18-22(21)25(24)28-4)33-17-14-29(31)12-15-32-16-13-29/h5-11,18,31H,12-17H2,1-4H3/q+1/b28-25+. The molecule has 0 amide bonds. The second-order valence-electron chi connectivity index (χ2n) is 9.62. The van der Waals surface area contributed by atoms with Crippen LogP contribution in [0, 0.1) is 0 Å². The highest BCUT2D eigenvalue weighted by atomic mass is 16.6. The van der Waals surface area contributed by atoms with Gasteiger partial charge in [0.05, 0.1) is 24.5 Å². The van der Waals surface area contributed by atoms with Gasteiger partial charge in [-0.1, -0.05) is 30.3 Å². The molecule has 0 bridgehead atoms. The molecular weight excluding hydrogens is 432 g/mol. The van der Waals surface area contributed by atoms with Gasteiger partial charge in [-0.2, -0.15) is 4.65 Å². The van der Waals surface area contributed by atoms with E-state index in [4.69, 9.17) is 14.2 Å². The SMILES string of the molecule is C/N=C1/C(C(=O)OC(C)(C)C)=C(c2ccccc2)c2ccc(OCC[N+]3(O)CCOCC3)cc21. The Morgan fingerprint density at radius 1 is 1.09 bits per heavy atom. The number of carbonyl (C=O) groups is 1. The molecule has 1 heterocycles. The molecule has 0 unspecified atom stereocenters. The van der Waals surface area contributed by atoms with E-state index >= 15 is 0 Å². The molecule has 1 aliphatic carbocycles. The zero-order valence-electron chi connectivity index (χ0n) is 20.3. The van der Waals surface area contributed by atoms with Crippen LogP contribution in [0.4, 0.5) is 0 Å². The van der Waals surface area contributed by atoms with Gasteiger partial charge in [-0.05, 0) is 50.1 Å². The van der Waals surface area contributed by atoms with E-state index in [1.807, 2.05) is 69.3 Å². The van der Waals surface area contributed by atoms with Gasteiger partial charge in [0.25, 0.3) is 0 Å². The van der Waals surface area contributed by atoms with Crippen molar-refractivity contribution in [3.63, 3.8) is 0 Å². The Balaban J connectivity index is 1.64. The Hall–Kier alpha value is -3.00. The summed E-state index contributed by atoms with van der Waals surface area (Å²) in [6.45, 7) is 8.63. The average Bonchev–Trinajstić information content (AvgIpc) is 3.13. The summed E-state index contributed by atoms with van der Waals surface area (Å²) in [6, 6.07) is 15.6. The summed E-state index contributed by atoms with van der Waals surface area (Å²) in [7, 11) is 1.68. The molecule has 2 aliphatic rings. The number of fused-ring (bicyclic) bond motifs is 1. The summed E-state index contributed by atoms with van der Waals surface area (Å²) in [4.78, 5) is 17.8. The maximum absolute atomic E-state index is 13.3. The normalized spacial score (nSPS) is 18.7. The number of hydrogen-bond donors (Lipinski definition) is 1. The average molecular weight is 466 g/mol. The first kappa shape index (κ1) is 24.1. The van der Waals surface area contributed by atoms with Crippen molar-refractivity contribution in [1.29, 1.82) is 0 Å². The second-order valence-corrected chi connectivity index (χ2v) is 9.62. The van der Waals surface area contributed by atoms with Gasteiger partial charge in [-0.25, -0.2) is 10.0 Å². The summed E-state index contributed by atoms with van der Waals surface area (Å²) < 4.78 is 17.1. The summed E-state index contributed by atoms with van der Waals surface area (Å²) in [5.74, 6) is 0.266. The van der Waals surface area contributed by atoms with Gasteiger partial charge in [-0.15, -0.1) is 0 Å². The fraction of sp³-hybridized carbons (Fsp3) is 0.407. The van der Waals surface area contributed by atoms with Crippen molar-refractivity contribution < 1.29 is 28.9 Å². The van der Waals surface area contributed by atoms with Crippen molar-refractivity contribution in [3.8, 4) is 5.75 Å². The second kappa shape index (κ2) is 9.70. The Labute approximate surface area is 200 Å². The number of hydroxylamine groups is 3. The summed E-state index contributed by atoms with van der Waals surface area (Å²) in [5, 5.41) is 10.6. The van der Waals surface area contributed by atoms with Crippen LogP contribution in [-0.4, -0.2) is 73.6 Å². The summed E-state index contributed by atoms with van der Waals surface area (Å²) >= 11 is 0. The number of rotatable bonds is 6. The van der Waals surface area contributed by atoms with Gasteiger partial charge >= 0.3 is 5.97 Å². The number of carbonyl (C=O) groups excluding carboxylic acids is 1. The molecule has 180 valence electrons. The van der Waals surface area contributed by atoms with Crippen LogP contribution in [0.3, 0.4) is 0 Å². The lowest BCUT2D eigenvalue weighted by molar-refractivity contribution is -1.11. The molecule has 7 heteroatoms. The number of ether oxygens (including phenoxy) is 3. The van der Waals surface area contributed by atoms with Crippen LogP contribution in [0.1, 0.15) is 37.5 Å². The fourth-order valence-electron chi connectivity index (χ4n) is 4.32. The van der Waals surface area contributed by atoms with Crippen molar-refractivity contribution in [2.24, 2.45) is 4.99 Å². The van der Waals surface area contributed by atoms with E-state index in [0.29, 0.717) is 56.5 Å². The molecule has 1 aliphatic heterocycles. The van der Waals surface area contributed by atoms with Crippen LogP contribution >= 0.6 is 0 Å². The van der Waals surface area contributed by atoms with E-state index in [9.17, 15) is 10.0 Å². The van der Waals surface area contributed by atoms with E-state index in [0.717, 1.165) is 22.3 Å². The van der Waals surface area contributed by atoms with Gasteiger partial charge in [0.15, 0.2) is 0 Å². The molecule has 1 N–H and O–H groups in total. The Morgan fingerprint density at radius 3 is 2.44 bits per heavy atom. The zero-order valence-corrected chi connectivity index (χ0v) is 20.3. The van der Waals surface area contributed by atoms with Crippen LogP contribution in [-0.2, 0) is 14.3 Å². The van der Waals surface area contributed by atoms with Gasteiger partial charge in [0.1, 0.15) is 37.6 Å². The topological polar surface area (TPSA) is 77.4 Å². The number of morpholine rings is 1. The molecule has 34 heavy (non-hydrogen) atoms. The van der Waals surface area contributed by atoms with E-state index < -0.39 is 11.6 Å². The highest BCUT2D eigenvalue weighted by Gasteiger charge is 2.36. The lowest BCUT2D eigenvalue weighted by Crippen LogP contribution is -2.54. The predicted octanol–water partition coefficient (Wildman–Crippen LogP) is 3.88. The quantitative estimate of drug-likeness (QED) is 0.518. The van der Waals surface area contributed by atoms with E-state index in [1.54, 1.807) is 7.05 Å². The van der Waals surface area contributed by atoms with Crippen molar-refractivity contribution >= 4 is 17.3 Å². The Morgan fingerprint density at radius 2 is 1.79 bits per heavy atom. The maximum atomic E-state index is 13.3. The van der Waals surface area contributed by atoms with Crippen LogP contribution in [0.5, 0.6) is 5.75 Å². The number of hydrogen-bond acceptors (Lipinski definition) is 6. The number of nitrogens with zero attached hydrogens (tertiary/aromatic N) is 2. The van der Waals surface area contributed by atoms with Gasteiger partial charge in [0.2, 0.25) is 0 Å². The monoisotopic (exact) mass is 465 g/mol. The van der Waals surface area contributed by atoms with Crippen molar-refractivity contribution in [2.45, 2.75) is 26.4 Å². The number of quaternary nitrogens is 1. The molecule has 4 rings (SSSR count). The Bertz CT molecular complexity index is 1110. The first-order chi connectivity index (χ1) is 16.2. The number of aliphatic imine (C=N–C) groups is 1. The van der Waals surface area contributed by atoms with Crippen molar-refractivity contribution in [2.75, 3.05) is 46.5 Å². The summed E-state index contributed by atoms with van der Waals surface area (Å²) in [6.07, 6.45) is 0. The predicted molar refractivity (Wildman–Crippen MR) is 130 cm³/mol. The zero-order chi connectivity index (χ0) is 24.3. The first-order valence-corrected chi connectivity index (χ1v) is 11.7. The van der Waals surface area contributed by atoms with E-state index in [-0.39, 0.29) is 4.65 Å². The molecule has 0 spiro atoms. The minimum absolute atomic E-state index is 0.0465. The molecule has 0 saturated carbocycles. The third kappa shape index (κ3) is 5.22. The first-order valence-electron chi connectivity index (χ1n) is 11.7. The fourth-order valence-corrected chi connectivity index (χ4v) is 4.32. The van der Waals surface area contributed by atoms with Crippen LogP contribution < -0.4 is 4.74 Å². The highest BCUT2D eigenvalue weighted by molar-refractivity contribution is 6.37. The molecule has 2 aromatic carbocycles. The smallest absolute Gasteiger partial charge is 0.341 e. The third-order valence-electron chi connectivity index (χ3n) is 5.97. The molecule has 0 aromatic heterocycles. The Kier molecular flexibility index (Phi) is 6.89. The summed E-state index contributed by atoms with van der Waals surface area (Å²) in [5.41, 5.74) is 3.91. The largest absolute Gasteiger partial charge is 0.488 e. The number of benzene rings is 2. The van der Waals surface area contributed by atoms with E-state index in [2.05, 4.69) is 4.99 Å².